The Bertz CT molecular complexity index is 2050. The molecule has 3 aliphatic rings. The zero-order valence-corrected chi connectivity index (χ0v) is 26.1. The van der Waals surface area contributed by atoms with Crippen molar-refractivity contribution in [3.05, 3.63) is 90.8 Å². The largest absolute Gasteiger partial charge is 0.454 e. The second kappa shape index (κ2) is 12.2. The lowest BCUT2D eigenvalue weighted by molar-refractivity contribution is -0.135. The molecule has 1 atom stereocenters. The number of aromatic amines is 1. The molecule has 5 heterocycles. The SMILES string of the molecule is O=C(CN1CC[C@@](O)(C(=O)Nc2ccc3[nH]nc(-c4ccc5c(c4)OCO5)c3c2)C1)N1CC=C(c2ccc(-c3ncccn3)cc2)CC1. The minimum absolute atomic E-state index is 0.0204. The van der Waals surface area contributed by atoms with Gasteiger partial charge in [-0.15, -0.1) is 0 Å². The molecule has 2 amide bonds. The van der Waals surface area contributed by atoms with E-state index in [1.165, 1.54) is 5.57 Å². The molecule has 12 nitrogen and oxygen atoms in total. The highest BCUT2D eigenvalue weighted by Crippen LogP contribution is 2.38. The number of nitrogens with zero attached hydrogens (tertiary/aromatic N) is 5. The minimum Gasteiger partial charge on any atom is -0.454 e. The van der Waals surface area contributed by atoms with E-state index in [0.717, 1.165) is 34.0 Å². The third-order valence-electron chi connectivity index (χ3n) is 9.22. The van der Waals surface area contributed by atoms with Crippen LogP contribution in [0.4, 0.5) is 5.69 Å². The number of nitrogens with one attached hydrogen (secondary N) is 2. The Labute approximate surface area is 276 Å². The summed E-state index contributed by atoms with van der Waals surface area (Å²) in [7, 11) is 0. The van der Waals surface area contributed by atoms with E-state index in [4.69, 9.17) is 9.47 Å². The first-order valence-corrected chi connectivity index (χ1v) is 15.9. The summed E-state index contributed by atoms with van der Waals surface area (Å²) in [5.41, 5.74) is 4.56. The van der Waals surface area contributed by atoms with Crippen molar-refractivity contribution in [2.75, 3.05) is 44.8 Å². The monoisotopic (exact) mass is 643 g/mol. The molecule has 3 N–H and O–H groups in total. The molecule has 0 aliphatic carbocycles. The molecule has 3 aromatic carbocycles. The number of benzene rings is 3. The van der Waals surface area contributed by atoms with Gasteiger partial charge in [-0.3, -0.25) is 19.6 Å². The number of hydrogen-bond acceptors (Lipinski definition) is 9. The van der Waals surface area contributed by atoms with Crippen molar-refractivity contribution < 1.29 is 24.2 Å². The third-order valence-corrected chi connectivity index (χ3v) is 9.22. The van der Waals surface area contributed by atoms with Gasteiger partial charge in [-0.25, -0.2) is 9.97 Å². The molecule has 0 spiro atoms. The van der Waals surface area contributed by atoms with E-state index in [-0.39, 0.29) is 32.2 Å². The topological polar surface area (TPSA) is 146 Å². The van der Waals surface area contributed by atoms with E-state index in [9.17, 15) is 14.7 Å². The fourth-order valence-electron chi connectivity index (χ4n) is 6.53. The third kappa shape index (κ3) is 5.76. The molecule has 0 bridgehead atoms. The van der Waals surface area contributed by atoms with Crippen LogP contribution in [-0.2, 0) is 9.59 Å². The molecule has 2 aromatic heterocycles. The number of anilines is 1. The first kappa shape index (κ1) is 29.8. The Morgan fingerprint density at radius 1 is 0.938 bits per heavy atom. The van der Waals surface area contributed by atoms with E-state index in [0.29, 0.717) is 48.3 Å². The first-order chi connectivity index (χ1) is 23.4. The van der Waals surface area contributed by atoms with Gasteiger partial charge in [-0.2, -0.15) is 5.10 Å². The zero-order chi connectivity index (χ0) is 32.7. The molecular formula is C36H33N7O5. The number of carbonyl (C=O) groups excluding carboxylic acids is 2. The van der Waals surface area contributed by atoms with Crippen molar-refractivity contribution in [3.63, 3.8) is 0 Å². The lowest BCUT2D eigenvalue weighted by Gasteiger charge is -2.29. The average molecular weight is 644 g/mol. The highest BCUT2D eigenvalue weighted by atomic mass is 16.7. The number of H-pyrrole nitrogens is 1. The van der Waals surface area contributed by atoms with Gasteiger partial charge in [0.2, 0.25) is 12.7 Å². The molecule has 12 heteroatoms. The Kier molecular flexibility index (Phi) is 7.58. The van der Waals surface area contributed by atoms with E-state index in [2.05, 4.69) is 43.7 Å². The molecule has 48 heavy (non-hydrogen) atoms. The summed E-state index contributed by atoms with van der Waals surface area (Å²) in [4.78, 5) is 38.9. The molecular weight excluding hydrogens is 610 g/mol. The number of hydrogen-bond donors (Lipinski definition) is 3. The number of rotatable bonds is 7. The Balaban J connectivity index is 0.872. The number of fused-ring (bicyclic) bond motifs is 2. The number of likely N-dealkylation sites (tertiary alicyclic amines) is 1. The Morgan fingerprint density at radius 2 is 1.73 bits per heavy atom. The van der Waals surface area contributed by atoms with Gasteiger partial charge in [0.1, 0.15) is 5.69 Å². The van der Waals surface area contributed by atoms with Crippen LogP contribution in [0.5, 0.6) is 11.5 Å². The van der Waals surface area contributed by atoms with E-state index in [1.807, 2.05) is 52.3 Å². The molecule has 1 fully saturated rings. The van der Waals surface area contributed by atoms with Gasteiger partial charge in [0, 0.05) is 60.8 Å². The van der Waals surface area contributed by atoms with Crippen molar-refractivity contribution in [2.45, 2.75) is 18.4 Å². The molecule has 5 aromatic rings. The fourth-order valence-corrected chi connectivity index (χ4v) is 6.53. The molecule has 0 saturated carbocycles. The van der Waals surface area contributed by atoms with Crippen LogP contribution < -0.4 is 14.8 Å². The van der Waals surface area contributed by atoms with Gasteiger partial charge in [0.25, 0.3) is 5.91 Å². The van der Waals surface area contributed by atoms with Crippen LogP contribution in [0.15, 0.2) is 85.2 Å². The first-order valence-electron chi connectivity index (χ1n) is 15.9. The van der Waals surface area contributed by atoms with Crippen molar-refractivity contribution in [1.82, 2.24) is 30.0 Å². The number of β-amino-alcohol motifs (C(OH)–C–C–N with tert-alkyl or cyclic N) is 1. The number of aromatic nitrogens is 4. The normalized spacial score (nSPS) is 19.0. The quantitative estimate of drug-likeness (QED) is 0.239. The Hall–Kier alpha value is -5.59. The van der Waals surface area contributed by atoms with Crippen molar-refractivity contribution >= 4 is 34.0 Å². The van der Waals surface area contributed by atoms with Gasteiger partial charge in [0.15, 0.2) is 22.9 Å². The van der Waals surface area contributed by atoms with Crippen LogP contribution in [0.1, 0.15) is 18.4 Å². The molecule has 1 saturated heterocycles. The zero-order valence-electron chi connectivity index (χ0n) is 26.1. The summed E-state index contributed by atoms with van der Waals surface area (Å²) in [5, 5.41) is 22.5. The lowest BCUT2D eigenvalue weighted by atomic mass is 9.98. The van der Waals surface area contributed by atoms with Gasteiger partial charge in [-0.1, -0.05) is 30.3 Å². The van der Waals surface area contributed by atoms with Gasteiger partial charge < -0.3 is 24.8 Å². The smallest absolute Gasteiger partial charge is 0.257 e. The molecule has 242 valence electrons. The molecule has 0 radical (unpaired) electrons. The number of ether oxygens (including phenoxy) is 2. The minimum atomic E-state index is -1.61. The number of amides is 2. The Morgan fingerprint density at radius 3 is 2.54 bits per heavy atom. The average Bonchev–Trinajstić information content (AvgIpc) is 3.87. The second-order valence-corrected chi connectivity index (χ2v) is 12.3. The van der Waals surface area contributed by atoms with E-state index < -0.39 is 11.5 Å². The van der Waals surface area contributed by atoms with Crippen molar-refractivity contribution in [3.8, 4) is 34.1 Å². The van der Waals surface area contributed by atoms with Crippen molar-refractivity contribution in [1.29, 1.82) is 0 Å². The predicted molar refractivity (Wildman–Crippen MR) is 179 cm³/mol. The molecule has 0 unspecified atom stereocenters. The van der Waals surface area contributed by atoms with Crippen LogP contribution in [0, 0.1) is 0 Å². The number of aliphatic hydroxyl groups is 1. The summed E-state index contributed by atoms with van der Waals surface area (Å²) in [6.45, 7) is 1.97. The van der Waals surface area contributed by atoms with Crippen LogP contribution in [0.3, 0.4) is 0 Å². The molecule has 8 rings (SSSR count). The summed E-state index contributed by atoms with van der Waals surface area (Å²) < 4.78 is 10.9. The summed E-state index contributed by atoms with van der Waals surface area (Å²) in [5.74, 6) is 1.51. The van der Waals surface area contributed by atoms with Crippen LogP contribution >= 0.6 is 0 Å². The van der Waals surface area contributed by atoms with Crippen LogP contribution in [0.2, 0.25) is 0 Å². The van der Waals surface area contributed by atoms with Gasteiger partial charge in [-0.05, 0) is 66.4 Å². The van der Waals surface area contributed by atoms with Gasteiger partial charge in [0.05, 0.1) is 12.1 Å². The maximum absolute atomic E-state index is 13.3. The van der Waals surface area contributed by atoms with Crippen LogP contribution in [0.25, 0.3) is 39.1 Å². The lowest BCUT2D eigenvalue weighted by Crippen LogP contribution is -2.47. The summed E-state index contributed by atoms with van der Waals surface area (Å²) in [6.07, 6.45) is 6.53. The standard InChI is InChI=1S/C36H33N7O5/c44-32(43-15-10-24(11-16-43)23-2-4-25(5-3-23)34-37-13-1-14-38-34)20-42-17-12-36(46,21-42)35(45)39-27-7-8-29-28(19-27)33(41-40-29)26-6-9-30-31(18-26)48-22-47-30/h1-10,13-14,18-19,46H,11-12,15-17,20-22H2,(H,39,45)(H,40,41)/t36-/m0/s1. The maximum Gasteiger partial charge on any atom is 0.257 e. The summed E-state index contributed by atoms with van der Waals surface area (Å²) >= 11 is 0. The van der Waals surface area contributed by atoms with Crippen molar-refractivity contribution in [2.24, 2.45) is 0 Å². The summed E-state index contributed by atoms with van der Waals surface area (Å²) in [6, 6.07) is 21.0. The van der Waals surface area contributed by atoms with Gasteiger partial charge >= 0.3 is 0 Å². The highest BCUT2D eigenvalue weighted by molar-refractivity contribution is 6.01. The fraction of sp³-hybridized carbons (Fsp3) is 0.250. The van der Waals surface area contributed by atoms with E-state index in [1.54, 1.807) is 24.5 Å². The number of carbonyl (C=O) groups is 2. The maximum atomic E-state index is 13.3. The van der Waals surface area contributed by atoms with E-state index >= 15 is 0 Å². The second-order valence-electron chi connectivity index (χ2n) is 12.3. The highest BCUT2D eigenvalue weighted by Gasteiger charge is 2.43. The predicted octanol–water partition coefficient (Wildman–Crippen LogP) is 4.11. The molecule has 3 aliphatic heterocycles. The van der Waals surface area contributed by atoms with Crippen LogP contribution in [-0.4, -0.2) is 92.0 Å².